The molecule has 3 rings (SSSR count). The molecule has 0 amide bonds. The van der Waals surface area contributed by atoms with E-state index in [1.165, 1.54) is 33.0 Å². The molecule has 20 heavy (non-hydrogen) atoms. The first-order chi connectivity index (χ1) is 9.65. The van der Waals surface area contributed by atoms with Crippen LogP contribution in [0.3, 0.4) is 0 Å². The highest BCUT2D eigenvalue weighted by Gasteiger charge is 2.14. The van der Waals surface area contributed by atoms with Crippen molar-refractivity contribution in [1.29, 1.82) is 0 Å². The maximum Gasteiger partial charge on any atom is 0.0841 e. The molecule has 0 aliphatic heterocycles. The minimum absolute atomic E-state index is 0.111. The summed E-state index contributed by atoms with van der Waals surface area (Å²) in [6.45, 7) is 4.23. The van der Waals surface area contributed by atoms with E-state index in [2.05, 4.69) is 74.5 Å². The maximum absolute atomic E-state index is 6.75. The van der Waals surface area contributed by atoms with Gasteiger partial charge in [-0.05, 0) is 35.7 Å². The van der Waals surface area contributed by atoms with Gasteiger partial charge < -0.3 is 0 Å². The van der Waals surface area contributed by atoms with Gasteiger partial charge in [-0.2, -0.15) is 0 Å². The fourth-order valence-corrected chi connectivity index (χ4v) is 3.12. The molecule has 0 aliphatic rings. The lowest BCUT2D eigenvalue weighted by Gasteiger charge is -2.15. The summed E-state index contributed by atoms with van der Waals surface area (Å²) in [6.07, 6.45) is 0. The standard InChI is InChI=1S/C19H17Cl/c1-13-10-14(2)12-16(11-13)19(20)18-9-5-7-15-6-3-4-8-17(15)18/h3-12,19H,1-2H3. The molecular formula is C19H17Cl. The van der Waals surface area contributed by atoms with Crippen molar-refractivity contribution in [3.05, 3.63) is 82.9 Å². The van der Waals surface area contributed by atoms with Crippen molar-refractivity contribution in [2.75, 3.05) is 0 Å². The second-order valence-electron chi connectivity index (χ2n) is 5.35. The number of halogens is 1. The molecule has 0 bridgehead atoms. The van der Waals surface area contributed by atoms with Crippen LogP contribution in [0.4, 0.5) is 0 Å². The van der Waals surface area contributed by atoms with Crippen molar-refractivity contribution in [3.63, 3.8) is 0 Å². The summed E-state index contributed by atoms with van der Waals surface area (Å²) < 4.78 is 0. The van der Waals surface area contributed by atoms with Gasteiger partial charge in [0.1, 0.15) is 0 Å². The summed E-state index contributed by atoms with van der Waals surface area (Å²) >= 11 is 6.75. The van der Waals surface area contributed by atoms with E-state index < -0.39 is 0 Å². The fraction of sp³-hybridized carbons (Fsp3) is 0.158. The number of hydrogen-bond donors (Lipinski definition) is 0. The van der Waals surface area contributed by atoms with Crippen LogP contribution in [-0.2, 0) is 0 Å². The first-order valence-corrected chi connectivity index (χ1v) is 7.29. The van der Waals surface area contributed by atoms with E-state index in [0.717, 1.165) is 0 Å². The lowest BCUT2D eigenvalue weighted by molar-refractivity contribution is 1.14. The molecule has 0 N–H and O–H groups in total. The van der Waals surface area contributed by atoms with Gasteiger partial charge in [-0.25, -0.2) is 0 Å². The zero-order valence-electron chi connectivity index (χ0n) is 11.7. The van der Waals surface area contributed by atoms with E-state index in [1.807, 2.05) is 0 Å². The zero-order valence-corrected chi connectivity index (χ0v) is 12.5. The molecule has 1 heteroatoms. The average Bonchev–Trinajstić information content (AvgIpc) is 2.45. The number of rotatable bonds is 2. The molecule has 1 unspecified atom stereocenters. The topological polar surface area (TPSA) is 0 Å². The van der Waals surface area contributed by atoms with Gasteiger partial charge in [0.2, 0.25) is 0 Å². The molecule has 0 spiro atoms. The Labute approximate surface area is 125 Å². The highest BCUT2D eigenvalue weighted by Crippen LogP contribution is 2.34. The quantitative estimate of drug-likeness (QED) is 0.522. The second kappa shape index (κ2) is 5.30. The fourth-order valence-electron chi connectivity index (χ4n) is 2.81. The van der Waals surface area contributed by atoms with Gasteiger partial charge in [-0.3, -0.25) is 0 Å². The number of hydrogen-bond acceptors (Lipinski definition) is 0. The van der Waals surface area contributed by atoms with E-state index >= 15 is 0 Å². The Kier molecular flexibility index (Phi) is 3.50. The molecule has 0 saturated heterocycles. The Morgan fingerprint density at radius 3 is 2.20 bits per heavy atom. The Bertz CT molecular complexity index is 733. The summed E-state index contributed by atoms with van der Waals surface area (Å²) in [5.41, 5.74) is 4.85. The highest BCUT2D eigenvalue weighted by atomic mass is 35.5. The SMILES string of the molecule is Cc1cc(C)cc(C(Cl)c2cccc3ccccc23)c1. The Morgan fingerprint density at radius 1 is 0.800 bits per heavy atom. The molecule has 0 fully saturated rings. The van der Waals surface area contributed by atoms with Gasteiger partial charge in [0, 0.05) is 0 Å². The third-order valence-electron chi connectivity index (χ3n) is 3.63. The van der Waals surface area contributed by atoms with Gasteiger partial charge >= 0.3 is 0 Å². The monoisotopic (exact) mass is 280 g/mol. The maximum atomic E-state index is 6.75. The lowest BCUT2D eigenvalue weighted by Crippen LogP contribution is -1.96. The normalized spacial score (nSPS) is 12.6. The number of aryl methyl sites for hydroxylation is 2. The van der Waals surface area contributed by atoms with Gasteiger partial charge in [-0.1, -0.05) is 71.8 Å². The largest absolute Gasteiger partial charge is 0.113 e. The van der Waals surface area contributed by atoms with Gasteiger partial charge in [0.15, 0.2) is 0 Å². The number of alkyl halides is 1. The van der Waals surface area contributed by atoms with Crippen LogP contribution >= 0.6 is 11.6 Å². The number of benzene rings is 3. The summed E-state index contributed by atoms with van der Waals surface area (Å²) in [6, 6.07) is 21.3. The van der Waals surface area contributed by atoms with Crippen molar-refractivity contribution in [1.82, 2.24) is 0 Å². The van der Waals surface area contributed by atoms with Crippen LogP contribution in [0.2, 0.25) is 0 Å². The van der Waals surface area contributed by atoms with Crippen LogP contribution in [-0.4, -0.2) is 0 Å². The van der Waals surface area contributed by atoms with Crippen LogP contribution in [0.25, 0.3) is 10.8 Å². The molecule has 0 aliphatic carbocycles. The van der Waals surface area contributed by atoms with E-state index in [0.29, 0.717) is 0 Å². The molecule has 0 heterocycles. The van der Waals surface area contributed by atoms with Crippen molar-refractivity contribution < 1.29 is 0 Å². The number of fused-ring (bicyclic) bond motifs is 1. The molecule has 1 atom stereocenters. The lowest BCUT2D eigenvalue weighted by atomic mass is 9.96. The molecule has 0 saturated carbocycles. The zero-order chi connectivity index (χ0) is 14.1. The third kappa shape index (κ3) is 2.44. The van der Waals surface area contributed by atoms with Crippen molar-refractivity contribution >= 4 is 22.4 Å². The Hall–Kier alpha value is -1.79. The van der Waals surface area contributed by atoms with Gasteiger partial charge in [-0.15, -0.1) is 11.6 Å². The van der Waals surface area contributed by atoms with Gasteiger partial charge in [0.05, 0.1) is 5.38 Å². The summed E-state index contributed by atoms with van der Waals surface area (Å²) in [5, 5.41) is 2.36. The van der Waals surface area contributed by atoms with E-state index in [4.69, 9.17) is 11.6 Å². The van der Waals surface area contributed by atoms with Crippen LogP contribution in [0.1, 0.15) is 27.6 Å². The predicted molar refractivity (Wildman–Crippen MR) is 87.6 cm³/mol. The molecule has 0 nitrogen and oxygen atoms in total. The smallest absolute Gasteiger partial charge is 0.0841 e. The third-order valence-corrected chi connectivity index (χ3v) is 4.12. The Morgan fingerprint density at radius 2 is 1.45 bits per heavy atom. The Balaban J connectivity index is 2.15. The predicted octanol–water partition coefficient (Wildman–Crippen LogP) is 5.78. The second-order valence-corrected chi connectivity index (χ2v) is 5.79. The first-order valence-electron chi connectivity index (χ1n) is 6.85. The summed E-state index contributed by atoms with van der Waals surface area (Å²) in [4.78, 5) is 0. The van der Waals surface area contributed by atoms with Crippen LogP contribution in [0.5, 0.6) is 0 Å². The van der Waals surface area contributed by atoms with E-state index in [1.54, 1.807) is 0 Å². The van der Waals surface area contributed by atoms with Gasteiger partial charge in [0.25, 0.3) is 0 Å². The molecule has 3 aromatic rings. The van der Waals surface area contributed by atoms with E-state index in [-0.39, 0.29) is 5.38 Å². The van der Waals surface area contributed by atoms with Crippen molar-refractivity contribution in [2.45, 2.75) is 19.2 Å². The molecule has 3 aromatic carbocycles. The molecule has 100 valence electrons. The minimum Gasteiger partial charge on any atom is -0.113 e. The molecule has 0 radical (unpaired) electrons. The summed E-state index contributed by atoms with van der Waals surface area (Å²) in [5.74, 6) is 0. The van der Waals surface area contributed by atoms with Crippen LogP contribution < -0.4 is 0 Å². The van der Waals surface area contributed by atoms with Crippen molar-refractivity contribution in [2.24, 2.45) is 0 Å². The van der Waals surface area contributed by atoms with Crippen LogP contribution in [0, 0.1) is 13.8 Å². The summed E-state index contributed by atoms with van der Waals surface area (Å²) in [7, 11) is 0. The van der Waals surface area contributed by atoms with Crippen molar-refractivity contribution in [3.8, 4) is 0 Å². The first kappa shape index (κ1) is 13.2. The average molecular weight is 281 g/mol. The highest BCUT2D eigenvalue weighted by molar-refractivity contribution is 6.23. The molecular weight excluding hydrogens is 264 g/mol. The minimum atomic E-state index is -0.111. The molecule has 0 aromatic heterocycles. The van der Waals surface area contributed by atoms with Crippen LogP contribution in [0.15, 0.2) is 60.7 Å². The van der Waals surface area contributed by atoms with E-state index in [9.17, 15) is 0 Å².